The summed E-state index contributed by atoms with van der Waals surface area (Å²) in [6.07, 6.45) is 12.3. The van der Waals surface area contributed by atoms with Crippen LogP contribution >= 0.6 is 0 Å². The van der Waals surface area contributed by atoms with E-state index in [2.05, 4.69) is 13.0 Å². The van der Waals surface area contributed by atoms with Crippen LogP contribution in [0.5, 0.6) is 0 Å². The molecule has 4 atom stereocenters. The third-order valence-corrected chi connectivity index (χ3v) is 4.56. The van der Waals surface area contributed by atoms with E-state index in [1.54, 1.807) is 0 Å². The SMILES string of the molecule is CCCCCCCCCC/C=C/CO[C@H]1CO[C@H](CO)[C@@H](O)[C@@H]1O. The number of hydrogen-bond acceptors (Lipinski definition) is 5. The van der Waals surface area contributed by atoms with Crippen LogP contribution in [0, 0.1) is 0 Å². The fraction of sp³-hybridized carbons (Fsp3) is 0.895. The fourth-order valence-electron chi connectivity index (χ4n) is 2.92. The lowest BCUT2D eigenvalue weighted by molar-refractivity contribution is -0.205. The Morgan fingerprint density at radius 3 is 2.29 bits per heavy atom. The van der Waals surface area contributed by atoms with Crippen LogP contribution in [0.4, 0.5) is 0 Å². The predicted molar refractivity (Wildman–Crippen MR) is 94.9 cm³/mol. The summed E-state index contributed by atoms with van der Waals surface area (Å²) in [6.45, 7) is 2.53. The van der Waals surface area contributed by atoms with Gasteiger partial charge in [-0.1, -0.05) is 64.0 Å². The van der Waals surface area contributed by atoms with Crippen molar-refractivity contribution in [3.63, 3.8) is 0 Å². The molecule has 0 amide bonds. The number of allylic oxidation sites excluding steroid dienone is 1. The number of rotatable bonds is 13. The monoisotopic (exact) mass is 344 g/mol. The van der Waals surface area contributed by atoms with Crippen molar-refractivity contribution in [3.05, 3.63) is 12.2 Å². The summed E-state index contributed by atoms with van der Waals surface area (Å²) in [7, 11) is 0. The summed E-state index contributed by atoms with van der Waals surface area (Å²) in [6, 6.07) is 0. The first kappa shape index (κ1) is 21.6. The zero-order valence-corrected chi connectivity index (χ0v) is 15.1. The van der Waals surface area contributed by atoms with E-state index in [0.717, 1.165) is 6.42 Å². The maximum Gasteiger partial charge on any atom is 0.111 e. The second-order valence-corrected chi connectivity index (χ2v) is 6.64. The van der Waals surface area contributed by atoms with Gasteiger partial charge in [0.05, 0.1) is 19.8 Å². The van der Waals surface area contributed by atoms with E-state index < -0.39 is 24.4 Å². The molecule has 1 aliphatic heterocycles. The molecule has 1 aliphatic rings. The van der Waals surface area contributed by atoms with Crippen LogP contribution in [0.2, 0.25) is 0 Å². The van der Waals surface area contributed by atoms with E-state index in [9.17, 15) is 10.2 Å². The molecule has 0 unspecified atom stereocenters. The second kappa shape index (κ2) is 13.8. The summed E-state index contributed by atoms with van der Waals surface area (Å²) < 4.78 is 10.8. The first-order chi connectivity index (χ1) is 11.7. The summed E-state index contributed by atoms with van der Waals surface area (Å²) in [5, 5.41) is 28.7. The Bertz CT molecular complexity index is 321. The first-order valence-corrected chi connectivity index (χ1v) is 9.55. The Labute approximate surface area is 146 Å². The van der Waals surface area contributed by atoms with Crippen molar-refractivity contribution in [2.24, 2.45) is 0 Å². The highest BCUT2D eigenvalue weighted by molar-refractivity contribution is 4.89. The highest BCUT2D eigenvalue weighted by Crippen LogP contribution is 2.17. The molecule has 1 saturated heterocycles. The van der Waals surface area contributed by atoms with Gasteiger partial charge in [0.2, 0.25) is 0 Å². The highest BCUT2D eigenvalue weighted by atomic mass is 16.6. The molecule has 1 heterocycles. The van der Waals surface area contributed by atoms with Crippen LogP contribution in [-0.4, -0.2) is 59.6 Å². The van der Waals surface area contributed by atoms with E-state index >= 15 is 0 Å². The fourth-order valence-corrected chi connectivity index (χ4v) is 2.92. The summed E-state index contributed by atoms with van der Waals surface area (Å²) in [4.78, 5) is 0. The summed E-state index contributed by atoms with van der Waals surface area (Å²) in [5.41, 5.74) is 0. The van der Waals surface area contributed by atoms with Gasteiger partial charge < -0.3 is 24.8 Å². The quantitative estimate of drug-likeness (QED) is 0.353. The molecule has 0 aliphatic carbocycles. The van der Waals surface area contributed by atoms with Gasteiger partial charge in [-0.2, -0.15) is 0 Å². The number of aliphatic hydroxyl groups excluding tert-OH is 3. The molecule has 0 aromatic rings. The molecular formula is C19H36O5. The van der Waals surface area contributed by atoms with Crippen molar-refractivity contribution in [2.75, 3.05) is 19.8 Å². The van der Waals surface area contributed by atoms with Crippen LogP contribution in [0.1, 0.15) is 64.7 Å². The molecule has 1 rings (SSSR count). The van der Waals surface area contributed by atoms with Crippen molar-refractivity contribution in [1.82, 2.24) is 0 Å². The van der Waals surface area contributed by atoms with E-state index in [1.165, 1.54) is 51.4 Å². The average Bonchev–Trinajstić information content (AvgIpc) is 2.59. The van der Waals surface area contributed by atoms with E-state index in [4.69, 9.17) is 14.6 Å². The lowest BCUT2D eigenvalue weighted by atomic mass is 10.0. The minimum Gasteiger partial charge on any atom is -0.394 e. The predicted octanol–water partition coefficient (Wildman–Crippen LogP) is 2.57. The number of aliphatic hydroxyl groups is 3. The van der Waals surface area contributed by atoms with Gasteiger partial charge in [0.1, 0.15) is 24.4 Å². The molecule has 0 aromatic heterocycles. The van der Waals surface area contributed by atoms with Crippen LogP contribution in [0.15, 0.2) is 12.2 Å². The standard InChI is InChI=1S/C19H36O5/c1-2-3-4-5-6-7-8-9-10-11-12-13-23-17-15-24-16(14-20)18(21)19(17)22/h11-12,16-22H,2-10,13-15H2,1H3/b12-11+/t16-,17+,18-,19-/m1/s1. The lowest BCUT2D eigenvalue weighted by Crippen LogP contribution is -2.54. The average molecular weight is 344 g/mol. The highest BCUT2D eigenvalue weighted by Gasteiger charge is 2.38. The van der Waals surface area contributed by atoms with Crippen molar-refractivity contribution in [1.29, 1.82) is 0 Å². The maximum absolute atomic E-state index is 9.93. The van der Waals surface area contributed by atoms with Crippen molar-refractivity contribution in [2.45, 2.75) is 89.1 Å². The lowest BCUT2D eigenvalue weighted by Gasteiger charge is -2.36. The molecule has 0 saturated carbocycles. The van der Waals surface area contributed by atoms with E-state index in [0.29, 0.717) is 6.61 Å². The Morgan fingerprint density at radius 1 is 0.958 bits per heavy atom. The van der Waals surface area contributed by atoms with Crippen LogP contribution < -0.4 is 0 Å². The third kappa shape index (κ3) is 8.58. The van der Waals surface area contributed by atoms with Crippen LogP contribution in [0.3, 0.4) is 0 Å². The van der Waals surface area contributed by atoms with Crippen molar-refractivity contribution < 1.29 is 24.8 Å². The van der Waals surface area contributed by atoms with Crippen molar-refractivity contribution >= 4 is 0 Å². The maximum atomic E-state index is 9.93. The van der Waals surface area contributed by atoms with Crippen LogP contribution in [-0.2, 0) is 9.47 Å². The second-order valence-electron chi connectivity index (χ2n) is 6.64. The van der Waals surface area contributed by atoms with Gasteiger partial charge in [0, 0.05) is 0 Å². The Hall–Kier alpha value is -0.460. The van der Waals surface area contributed by atoms with E-state index in [1.807, 2.05) is 6.08 Å². The molecular weight excluding hydrogens is 308 g/mol. The number of hydrogen-bond donors (Lipinski definition) is 3. The van der Waals surface area contributed by atoms with Crippen LogP contribution in [0.25, 0.3) is 0 Å². The molecule has 5 heteroatoms. The normalized spacial score (nSPS) is 27.8. The zero-order valence-electron chi connectivity index (χ0n) is 15.1. The van der Waals surface area contributed by atoms with Gasteiger partial charge >= 0.3 is 0 Å². The molecule has 0 radical (unpaired) electrons. The molecule has 5 nitrogen and oxygen atoms in total. The largest absolute Gasteiger partial charge is 0.394 e. The van der Waals surface area contributed by atoms with E-state index in [-0.39, 0.29) is 13.2 Å². The smallest absolute Gasteiger partial charge is 0.111 e. The minimum atomic E-state index is -1.10. The topological polar surface area (TPSA) is 79.2 Å². The number of ether oxygens (including phenoxy) is 2. The molecule has 0 aromatic carbocycles. The van der Waals surface area contributed by atoms with Gasteiger partial charge in [0.15, 0.2) is 0 Å². The molecule has 3 N–H and O–H groups in total. The summed E-state index contributed by atoms with van der Waals surface area (Å²) >= 11 is 0. The Morgan fingerprint density at radius 2 is 1.62 bits per heavy atom. The molecule has 24 heavy (non-hydrogen) atoms. The van der Waals surface area contributed by atoms with Gasteiger partial charge in [-0.3, -0.25) is 0 Å². The number of unbranched alkanes of at least 4 members (excludes halogenated alkanes) is 8. The molecule has 0 spiro atoms. The molecule has 0 bridgehead atoms. The van der Waals surface area contributed by atoms with Gasteiger partial charge in [-0.25, -0.2) is 0 Å². The first-order valence-electron chi connectivity index (χ1n) is 9.55. The van der Waals surface area contributed by atoms with Crippen molar-refractivity contribution in [3.8, 4) is 0 Å². The third-order valence-electron chi connectivity index (χ3n) is 4.56. The Balaban J connectivity index is 1.98. The summed E-state index contributed by atoms with van der Waals surface area (Å²) in [5.74, 6) is 0. The Kier molecular flexibility index (Phi) is 12.4. The zero-order chi connectivity index (χ0) is 17.6. The molecule has 142 valence electrons. The minimum absolute atomic E-state index is 0.190. The molecule has 1 fully saturated rings. The van der Waals surface area contributed by atoms with Gasteiger partial charge in [-0.05, 0) is 12.8 Å². The van der Waals surface area contributed by atoms with Gasteiger partial charge in [0.25, 0.3) is 0 Å². The van der Waals surface area contributed by atoms with Gasteiger partial charge in [-0.15, -0.1) is 0 Å².